The molecule has 3 heteroatoms. The van der Waals surface area contributed by atoms with Gasteiger partial charge in [0.2, 0.25) is 0 Å². The standard InChI is InChI=1S/C10H14N2O.2C2H6/c1-12-10(7-13)6-8-2-4-9(11)5-3-8;2*1-2/h2-5,7,10,12H,6,11H2,1H3;2*1-2H3. The van der Waals surface area contributed by atoms with Gasteiger partial charge in [-0.2, -0.15) is 0 Å². The first-order chi connectivity index (χ1) is 8.26. The zero-order valence-corrected chi connectivity index (χ0v) is 11.7. The van der Waals surface area contributed by atoms with E-state index in [0.29, 0.717) is 6.42 Å². The minimum atomic E-state index is -0.108. The van der Waals surface area contributed by atoms with E-state index in [1.807, 2.05) is 52.0 Å². The third-order valence-electron chi connectivity index (χ3n) is 1.97. The van der Waals surface area contributed by atoms with Crippen LogP contribution >= 0.6 is 0 Å². The Labute approximate surface area is 105 Å². The van der Waals surface area contributed by atoms with Crippen molar-refractivity contribution in [3.05, 3.63) is 29.8 Å². The van der Waals surface area contributed by atoms with Gasteiger partial charge in [0.25, 0.3) is 0 Å². The van der Waals surface area contributed by atoms with Crippen LogP contribution in [0.15, 0.2) is 24.3 Å². The molecule has 3 nitrogen and oxygen atoms in total. The van der Waals surface area contributed by atoms with Gasteiger partial charge in [-0.3, -0.25) is 0 Å². The number of likely N-dealkylation sites (N-methyl/N-ethyl adjacent to an activating group) is 1. The highest BCUT2D eigenvalue weighted by Crippen LogP contribution is 2.06. The number of nitrogens with one attached hydrogen (secondary N) is 1. The maximum Gasteiger partial charge on any atom is 0.137 e. The van der Waals surface area contributed by atoms with Crippen LogP contribution in [0.25, 0.3) is 0 Å². The number of nitrogens with two attached hydrogens (primary N) is 1. The summed E-state index contributed by atoms with van der Waals surface area (Å²) in [6, 6.07) is 7.44. The van der Waals surface area contributed by atoms with Crippen molar-refractivity contribution in [2.45, 2.75) is 40.2 Å². The summed E-state index contributed by atoms with van der Waals surface area (Å²) in [5.41, 5.74) is 7.40. The summed E-state index contributed by atoms with van der Waals surface area (Å²) in [6.07, 6.45) is 1.62. The van der Waals surface area contributed by atoms with Gasteiger partial charge in [-0.25, -0.2) is 0 Å². The van der Waals surface area contributed by atoms with E-state index in [2.05, 4.69) is 5.32 Å². The summed E-state index contributed by atoms with van der Waals surface area (Å²) in [6.45, 7) is 8.00. The maximum absolute atomic E-state index is 10.5. The van der Waals surface area contributed by atoms with Crippen LogP contribution in [-0.4, -0.2) is 19.4 Å². The zero-order valence-electron chi connectivity index (χ0n) is 11.7. The van der Waals surface area contributed by atoms with E-state index >= 15 is 0 Å². The fourth-order valence-electron chi connectivity index (χ4n) is 1.13. The van der Waals surface area contributed by atoms with E-state index in [9.17, 15) is 4.79 Å². The maximum atomic E-state index is 10.5. The molecule has 3 N–H and O–H groups in total. The number of rotatable bonds is 4. The molecule has 0 amide bonds. The first-order valence-corrected chi connectivity index (χ1v) is 6.23. The lowest BCUT2D eigenvalue weighted by Gasteiger charge is -2.08. The Kier molecular flexibility index (Phi) is 13.5. The Morgan fingerprint density at radius 1 is 1.18 bits per heavy atom. The molecule has 0 aliphatic rings. The number of benzene rings is 1. The highest BCUT2D eigenvalue weighted by Gasteiger charge is 2.04. The van der Waals surface area contributed by atoms with Gasteiger partial charge in [0, 0.05) is 5.69 Å². The van der Waals surface area contributed by atoms with Crippen molar-refractivity contribution in [3.63, 3.8) is 0 Å². The van der Waals surface area contributed by atoms with Crippen LogP contribution in [0, 0.1) is 0 Å². The van der Waals surface area contributed by atoms with Gasteiger partial charge in [-0.05, 0) is 31.2 Å². The average molecular weight is 238 g/mol. The molecular formula is C14H26N2O. The van der Waals surface area contributed by atoms with Gasteiger partial charge >= 0.3 is 0 Å². The molecule has 0 saturated heterocycles. The van der Waals surface area contributed by atoms with Crippen molar-refractivity contribution in [2.24, 2.45) is 0 Å². The van der Waals surface area contributed by atoms with E-state index in [4.69, 9.17) is 5.73 Å². The first-order valence-electron chi connectivity index (χ1n) is 6.23. The summed E-state index contributed by atoms with van der Waals surface area (Å²) in [5, 5.41) is 2.92. The van der Waals surface area contributed by atoms with Crippen LogP contribution in [0.3, 0.4) is 0 Å². The molecule has 0 aliphatic carbocycles. The summed E-state index contributed by atoms with van der Waals surface area (Å²) in [4.78, 5) is 10.5. The van der Waals surface area contributed by atoms with Gasteiger partial charge in [-0.1, -0.05) is 39.8 Å². The molecule has 0 spiro atoms. The lowest BCUT2D eigenvalue weighted by Crippen LogP contribution is -2.28. The van der Waals surface area contributed by atoms with Gasteiger partial charge < -0.3 is 15.8 Å². The number of hydrogen-bond acceptors (Lipinski definition) is 3. The lowest BCUT2D eigenvalue weighted by molar-refractivity contribution is -0.109. The van der Waals surface area contributed by atoms with Crippen molar-refractivity contribution >= 4 is 12.0 Å². The molecule has 1 aromatic rings. The number of aldehydes is 1. The lowest BCUT2D eigenvalue weighted by atomic mass is 10.1. The molecule has 0 fully saturated rings. The Morgan fingerprint density at radius 2 is 1.65 bits per heavy atom. The van der Waals surface area contributed by atoms with Crippen molar-refractivity contribution in [1.29, 1.82) is 0 Å². The normalized spacial score (nSPS) is 10.2. The quantitative estimate of drug-likeness (QED) is 0.626. The Morgan fingerprint density at radius 3 is 2.00 bits per heavy atom. The fourth-order valence-corrected chi connectivity index (χ4v) is 1.13. The molecule has 98 valence electrons. The second-order valence-corrected chi connectivity index (χ2v) is 2.98. The third kappa shape index (κ3) is 8.46. The van der Waals surface area contributed by atoms with Crippen LogP contribution in [0.4, 0.5) is 5.69 Å². The van der Waals surface area contributed by atoms with Crippen molar-refractivity contribution < 1.29 is 4.79 Å². The molecular weight excluding hydrogens is 212 g/mol. The summed E-state index contributed by atoms with van der Waals surface area (Å²) in [7, 11) is 1.77. The Bertz CT molecular complexity index is 270. The molecule has 0 heterocycles. The van der Waals surface area contributed by atoms with Crippen molar-refractivity contribution in [1.82, 2.24) is 5.32 Å². The highest BCUT2D eigenvalue weighted by molar-refractivity contribution is 5.58. The largest absolute Gasteiger partial charge is 0.399 e. The molecule has 0 radical (unpaired) electrons. The molecule has 1 atom stereocenters. The third-order valence-corrected chi connectivity index (χ3v) is 1.97. The SMILES string of the molecule is CC.CC.CNC(C=O)Cc1ccc(N)cc1. The van der Waals surface area contributed by atoms with Crippen LogP contribution in [0.1, 0.15) is 33.3 Å². The van der Waals surface area contributed by atoms with Crippen LogP contribution in [-0.2, 0) is 11.2 Å². The van der Waals surface area contributed by atoms with E-state index in [1.165, 1.54) is 0 Å². The monoisotopic (exact) mass is 238 g/mol. The smallest absolute Gasteiger partial charge is 0.137 e. The predicted octanol–water partition coefficient (Wildman–Crippen LogP) is 2.65. The van der Waals surface area contributed by atoms with Crippen molar-refractivity contribution in [2.75, 3.05) is 12.8 Å². The van der Waals surface area contributed by atoms with Crippen LogP contribution < -0.4 is 11.1 Å². The minimum Gasteiger partial charge on any atom is -0.399 e. The predicted molar refractivity (Wildman–Crippen MR) is 76.2 cm³/mol. The van der Waals surface area contributed by atoms with E-state index in [1.54, 1.807) is 7.05 Å². The second kappa shape index (κ2) is 12.7. The highest BCUT2D eigenvalue weighted by atomic mass is 16.1. The Balaban J connectivity index is 0. The number of carbonyl (C=O) groups is 1. The zero-order chi connectivity index (χ0) is 13.7. The molecule has 0 saturated carbocycles. The molecule has 0 aliphatic heterocycles. The minimum absolute atomic E-state index is 0.108. The number of carbonyl (C=O) groups excluding carboxylic acids is 1. The molecule has 0 aromatic heterocycles. The summed E-state index contributed by atoms with van der Waals surface area (Å²) in [5.74, 6) is 0. The molecule has 1 rings (SSSR count). The van der Waals surface area contributed by atoms with Crippen LogP contribution in [0.5, 0.6) is 0 Å². The topological polar surface area (TPSA) is 55.1 Å². The summed E-state index contributed by atoms with van der Waals surface area (Å²) < 4.78 is 0. The number of hydrogen-bond donors (Lipinski definition) is 2. The van der Waals surface area contributed by atoms with E-state index in [-0.39, 0.29) is 6.04 Å². The van der Waals surface area contributed by atoms with Gasteiger partial charge in [0.1, 0.15) is 6.29 Å². The Hall–Kier alpha value is -1.35. The molecule has 1 unspecified atom stereocenters. The van der Waals surface area contributed by atoms with Gasteiger partial charge in [0.05, 0.1) is 6.04 Å². The molecule has 1 aromatic carbocycles. The second-order valence-electron chi connectivity index (χ2n) is 2.98. The van der Waals surface area contributed by atoms with E-state index < -0.39 is 0 Å². The van der Waals surface area contributed by atoms with Crippen molar-refractivity contribution in [3.8, 4) is 0 Å². The molecule has 0 bridgehead atoms. The average Bonchev–Trinajstić information content (AvgIpc) is 2.42. The van der Waals surface area contributed by atoms with Gasteiger partial charge in [0.15, 0.2) is 0 Å². The first kappa shape index (κ1) is 18.0. The molecule has 17 heavy (non-hydrogen) atoms. The fraction of sp³-hybridized carbons (Fsp3) is 0.500. The van der Waals surface area contributed by atoms with Gasteiger partial charge in [-0.15, -0.1) is 0 Å². The number of nitrogen functional groups attached to an aromatic ring is 1. The van der Waals surface area contributed by atoms with Crippen LogP contribution in [0.2, 0.25) is 0 Å². The number of anilines is 1. The summed E-state index contributed by atoms with van der Waals surface area (Å²) >= 11 is 0. The van der Waals surface area contributed by atoms with E-state index in [0.717, 1.165) is 17.5 Å².